The standard InChI is InChI=1S/C14H29N3O/c1-5-8-16(12-11-15(3)4)14(18)17-9-6-13(2)7-10-17/h13H,5-12H2,1-4H3. The number of likely N-dealkylation sites (tertiary alicyclic amines) is 1. The molecule has 1 aliphatic rings. The third kappa shape index (κ3) is 4.84. The van der Waals surface area contributed by atoms with E-state index < -0.39 is 0 Å². The summed E-state index contributed by atoms with van der Waals surface area (Å²) in [4.78, 5) is 18.6. The zero-order chi connectivity index (χ0) is 13.5. The number of urea groups is 1. The van der Waals surface area contributed by atoms with Crippen LogP contribution in [-0.4, -0.2) is 67.5 Å². The summed E-state index contributed by atoms with van der Waals surface area (Å²) in [6.07, 6.45) is 3.34. The molecule has 0 N–H and O–H groups in total. The Balaban J connectivity index is 2.47. The molecule has 4 nitrogen and oxygen atoms in total. The van der Waals surface area contributed by atoms with E-state index in [-0.39, 0.29) is 6.03 Å². The maximum Gasteiger partial charge on any atom is 0.320 e. The molecule has 0 bridgehead atoms. The summed E-state index contributed by atoms with van der Waals surface area (Å²) < 4.78 is 0. The van der Waals surface area contributed by atoms with Gasteiger partial charge in [-0.1, -0.05) is 13.8 Å². The number of carbonyl (C=O) groups excluding carboxylic acids is 1. The van der Waals surface area contributed by atoms with Crippen LogP contribution in [-0.2, 0) is 0 Å². The van der Waals surface area contributed by atoms with Crippen molar-refractivity contribution in [3.8, 4) is 0 Å². The van der Waals surface area contributed by atoms with E-state index in [1.807, 2.05) is 9.80 Å². The molecular formula is C14H29N3O. The van der Waals surface area contributed by atoms with Crippen LogP contribution in [0.25, 0.3) is 0 Å². The zero-order valence-corrected chi connectivity index (χ0v) is 12.5. The van der Waals surface area contributed by atoms with Gasteiger partial charge in [-0.15, -0.1) is 0 Å². The molecule has 1 rings (SSSR count). The lowest BCUT2D eigenvalue weighted by Gasteiger charge is -2.35. The van der Waals surface area contributed by atoms with Crippen LogP contribution in [0.1, 0.15) is 33.1 Å². The van der Waals surface area contributed by atoms with Gasteiger partial charge in [-0.2, -0.15) is 0 Å². The highest BCUT2D eigenvalue weighted by Crippen LogP contribution is 2.17. The minimum Gasteiger partial charge on any atom is -0.325 e. The summed E-state index contributed by atoms with van der Waals surface area (Å²) in [5.41, 5.74) is 0. The first-order valence-corrected chi connectivity index (χ1v) is 7.23. The summed E-state index contributed by atoms with van der Waals surface area (Å²) in [7, 11) is 4.11. The van der Waals surface area contributed by atoms with E-state index in [1.54, 1.807) is 0 Å². The Morgan fingerprint density at radius 2 is 1.78 bits per heavy atom. The van der Waals surface area contributed by atoms with Crippen LogP contribution < -0.4 is 0 Å². The Labute approximate surface area is 112 Å². The molecule has 0 radical (unpaired) electrons. The third-order valence-electron chi connectivity index (χ3n) is 3.64. The lowest BCUT2D eigenvalue weighted by Crippen LogP contribution is -2.48. The zero-order valence-electron chi connectivity index (χ0n) is 12.5. The van der Waals surface area contributed by atoms with Gasteiger partial charge in [-0.05, 0) is 39.3 Å². The van der Waals surface area contributed by atoms with E-state index in [9.17, 15) is 4.79 Å². The van der Waals surface area contributed by atoms with Crippen molar-refractivity contribution in [2.75, 3.05) is 46.8 Å². The molecule has 0 unspecified atom stereocenters. The Bertz CT molecular complexity index is 247. The van der Waals surface area contributed by atoms with Crippen LogP contribution in [0.4, 0.5) is 4.79 Å². The highest BCUT2D eigenvalue weighted by Gasteiger charge is 2.24. The lowest BCUT2D eigenvalue weighted by atomic mass is 9.99. The highest BCUT2D eigenvalue weighted by molar-refractivity contribution is 5.74. The third-order valence-corrected chi connectivity index (χ3v) is 3.64. The Hall–Kier alpha value is -0.770. The van der Waals surface area contributed by atoms with E-state index >= 15 is 0 Å². The Morgan fingerprint density at radius 1 is 1.17 bits per heavy atom. The Kier molecular flexibility index (Phi) is 6.47. The molecule has 0 spiro atoms. The summed E-state index contributed by atoms with van der Waals surface area (Å²) >= 11 is 0. The van der Waals surface area contributed by atoms with Crippen molar-refractivity contribution in [3.05, 3.63) is 0 Å². The molecule has 2 amide bonds. The minimum atomic E-state index is 0.241. The quantitative estimate of drug-likeness (QED) is 0.752. The second kappa shape index (κ2) is 7.62. The fourth-order valence-corrected chi connectivity index (χ4v) is 2.29. The first-order valence-electron chi connectivity index (χ1n) is 7.23. The SMILES string of the molecule is CCCN(CCN(C)C)C(=O)N1CCC(C)CC1. The lowest BCUT2D eigenvalue weighted by molar-refractivity contribution is 0.131. The van der Waals surface area contributed by atoms with Gasteiger partial charge in [-0.3, -0.25) is 0 Å². The molecule has 0 aromatic carbocycles. The average Bonchev–Trinajstić information content (AvgIpc) is 2.34. The van der Waals surface area contributed by atoms with Gasteiger partial charge in [0.1, 0.15) is 0 Å². The summed E-state index contributed by atoms with van der Waals surface area (Å²) in [5, 5.41) is 0. The van der Waals surface area contributed by atoms with Crippen LogP contribution in [0.3, 0.4) is 0 Å². The molecule has 0 aliphatic carbocycles. The molecule has 1 aliphatic heterocycles. The fraction of sp³-hybridized carbons (Fsp3) is 0.929. The first kappa shape index (κ1) is 15.3. The molecule has 0 aromatic rings. The van der Waals surface area contributed by atoms with Crippen molar-refractivity contribution in [2.24, 2.45) is 5.92 Å². The smallest absolute Gasteiger partial charge is 0.320 e. The van der Waals surface area contributed by atoms with Crippen molar-refractivity contribution >= 4 is 6.03 Å². The number of piperidine rings is 1. The van der Waals surface area contributed by atoms with Gasteiger partial charge in [0.05, 0.1) is 0 Å². The summed E-state index contributed by atoms with van der Waals surface area (Å²) in [6.45, 7) is 8.93. The van der Waals surface area contributed by atoms with Gasteiger partial charge in [-0.25, -0.2) is 4.79 Å². The monoisotopic (exact) mass is 255 g/mol. The molecule has 0 saturated carbocycles. The van der Waals surface area contributed by atoms with E-state index in [1.165, 1.54) is 0 Å². The normalized spacial score (nSPS) is 17.3. The predicted molar refractivity (Wildman–Crippen MR) is 75.8 cm³/mol. The van der Waals surface area contributed by atoms with E-state index in [2.05, 4.69) is 32.8 Å². The first-order chi connectivity index (χ1) is 8.54. The van der Waals surface area contributed by atoms with E-state index in [0.29, 0.717) is 0 Å². The maximum atomic E-state index is 12.4. The van der Waals surface area contributed by atoms with Crippen LogP contribution >= 0.6 is 0 Å². The molecule has 1 fully saturated rings. The number of carbonyl (C=O) groups is 1. The second-order valence-electron chi connectivity index (χ2n) is 5.74. The van der Waals surface area contributed by atoms with Gasteiger partial charge in [0, 0.05) is 32.7 Å². The predicted octanol–water partition coefficient (Wildman–Crippen LogP) is 2.11. The van der Waals surface area contributed by atoms with E-state index in [0.717, 1.165) is 57.9 Å². The Morgan fingerprint density at radius 3 is 2.28 bits per heavy atom. The van der Waals surface area contributed by atoms with Crippen molar-refractivity contribution < 1.29 is 4.79 Å². The number of nitrogens with zero attached hydrogens (tertiary/aromatic N) is 3. The van der Waals surface area contributed by atoms with Crippen LogP contribution in [0.15, 0.2) is 0 Å². The summed E-state index contributed by atoms with van der Waals surface area (Å²) in [6, 6.07) is 0.241. The van der Waals surface area contributed by atoms with Crippen molar-refractivity contribution in [2.45, 2.75) is 33.1 Å². The van der Waals surface area contributed by atoms with Gasteiger partial charge in [0.15, 0.2) is 0 Å². The van der Waals surface area contributed by atoms with Gasteiger partial charge >= 0.3 is 6.03 Å². The van der Waals surface area contributed by atoms with Crippen molar-refractivity contribution in [3.63, 3.8) is 0 Å². The molecule has 4 heteroatoms. The number of likely N-dealkylation sites (N-methyl/N-ethyl adjacent to an activating group) is 1. The van der Waals surface area contributed by atoms with Crippen LogP contribution in [0.5, 0.6) is 0 Å². The largest absolute Gasteiger partial charge is 0.325 e. The minimum absolute atomic E-state index is 0.241. The average molecular weight is 255 g/mol. The molecule has 18 heavy (non-hydrogen) atoms. The van der Waals surface area contributed by atoms with Gasteiger partial charge < -0.3 is 14.7 Å². The topological polar surface area (TPSA) is 26.8 Å². The number of rotatable bonds is 5. The van der Waals surface area contributed by atoms with Crippen LogP contribution in [0.2, 0.25) is 0 Å². The number of amides is 2. The molecule has 0 atom stereocenters. The highest BCUT2D eigenvalue weighted by atomic mass is 16.2. The van der Waals surface area contributed by atoms with Crippen molar-refractivity contribution in [1.82, 2.24) is 14.7 Å². The van der Waals surface area contributed by atoms with Gasteiger partial charge in [0.25, 0.3) is 0 Å². The van der Waals surface area contributed by atoms with Crippen LogP contribution in [0, 0.1) is 5.92 Å². The molecule has 106 valence electrons. The molecule has 1 heterocycles. The summed E-state index contributed by atoms with van der Waals surface area (Å²) in [5.74, 6) is 0.774. The van der Waals surface area contributed by atoms with E-state index in [4.69, 9.17) is 0 Å². The fourth-order valence-electron chi connectivity index (χ4n) is 2.29. The molecular weight excluding hydrogens is 226 g/mol. The second-order valence-corrected chi connectivity index (χ2v) is 5.74. The number of hydrogen-bond donors (Lipinski definition) is 0. The number of hydrogen-bond acceptors (Lipinski definition) is 2. The molecule has 0 aromatic heterocycles. The van der Waals surface area contributed by atoms with Crippen molar-refractivity contribution in [1.29, 1.82) is 0 Å². The molecule has 1 saturated heterocycles. The van der Waals surface area contributed by atoms with Gasteiger partial charge in [0.2, 0.25) is 0 Å². The maximum absolute atomic E-state index is 12.4.